The van der Waals surface area contributed by atoms with Crippen molar-refractivity contribution in [3.63, 3.8) is 0 Å². The summed E-state index contributed by atoms with van der Waals surface area (Å²) in [5.41, 5.74) is 1.14. The van der Waals surface area contributed by atoms with E-state index in [4.69, 9.17) is 11.6 Å². The van der Waals surface area contributed by atoms with Gasteiger partial charge < -0.3 is 0 Å². The van der Waals surface area contributed by atoms with Crippen LogP contribution in [0.2, 0.25) is 4.34 Å². The lowest BCUT2D eigenvalue weighted by Crippen LogP contribution is -2.21. The van der Waals surface area contributed by atoms with E-state index < -0.39 is 0 Å². The number of nitrogens with zero attached hydrogens (tertiary/aromatic N) is 5. The zero-order chi connectivity index (χ0) is 12.7. The van der Waals surface area contributed by atoms with Crippen molar-refractivity contribution in [2.75, 3.05) is 0 Å². The first-order valence-corrected chi connectivity index (χ1v) is 6.87. The van der Waals surface area contributed by atoms with Crippen molar-refractivity contribution >= 4 is 44.9 Å². The van der Waals surface area contributed by atoms with Crippen molar-refractivity contribution in [3.05, 3.63) is 32.4 Å². The molecule has 0 aromatic carbocycles. The van der Waals surface area contributed by atoms with E-state index in [0.29, 0.717) is 25.9 Å². The summed E-state index contributed by atoms with van der Waals surface area (Å²) in [5, 5.41) is 4.44. The average Bonchev–Trinajstić information content (AvgIpc) is 2.91. The molecule has 18 heavy (non-hydrogen) atoms. The fourth-order valence-electron chi connectivity index (χ4n) is 1.58. The Balaban J connectivity index is 2.13. The average molecular weight is 300 g/mol. The van der Waals surface area contributed by atoms with Gasteiger partial charge in [-0.3, -0.25) is 9.36 Å². The SMILES string of the molecule is Cc1nsc2ncn(Cc3nnsc3Cl)c(=O)c12. The molecule has 92 valence electrons. The van der Waals surface area contributed by atoms with E-state index in [0.717, 1.165) is 11.5 Å². The highest BCUT2D eigenvalue weighted by molar-refractivity contribution is 7.12. The highest BCUT2D eigenvalue weighted by atomic mass is 35.5. The van der Waals surface area contributed by atoms with E-state index in [2.05, 4.69) is 18.9 Å². The number of aryl methyl sites for hydroxylation is 1. The van der Waals surface area contributed by atoms with Gasteiger partial charge in [-0.05, 0) is 18.5 Å². The summed E-state index contributed by atoms with van der Waals surface area (Å²) in [4.78, 5) is 17.1. The smallest absolute Gasteiger partial charge is 0.264 e. The third-order valence-corrected chi connectivity index (χ3v) is 4.30. The second-order valence-corrected chi connectivity index (χ2v) is 5.73. The maximum Gasteiger partial charge on any atom is 0.264 e. The molecule has 0 radical (unpaired) electrons. The van der Waals surface area contributed by atoms with Gasteiger partial charge >= 0.3 is 0 Å². The second-order valence-electron chi connectivity index (χ2n) is 3.62. The van der Waals surface area contributed by atoms with Crippen molar-refractivity contribution in [2.24, 2.45) is 0 Å². The molecule has 0 N–H and O–H groups in total. The Bertz CT molecular complexity index is 777. The van der Waals surface area contributed by atoms with Gasteiger partial charge in [-0.1, -0.05) is 16.1 Å². The van der Waals surface area contributed by atoms with Gasteiger partial charge in [-0.25, -0.2) is 4.98 Å². The summed E-state index contributed by atoms with van der Waals surface area (Å²) in [7, 11) is 0. The van der Waals surface area contributed by atoms with Crippen LogP contribution in [0.1, 0.15) is 11.4 Å². The van der Waals surface area contributed by atoms with Crippen LogP contribution < -0.4 is 5.56 Å². The Morgan fingerprint density at radius 3 is 3.00 bits per heavy atom. The van der Waals surface area contributed by atoms with Crippen LogP contribution >= 0.6 is 34.7 Å². The van der Waals surface area contributed by atoms with Gasteiger partial charge in [0.25, 0.3) is 5.56 Å². The maximum absolute atomic E-state index is 12.2. The minimum absolute atomic E-state index is 0.129. The molecule has 0 bridgehead atoms. The summed E-state index contributed by atoms with van der Waals surface area (Å²) in [5.74, 6) is 0. The third-order valence-electron chi connectivity index (χ3n) is 2.46. The summed E-state index contributed by atoms with van der Waals surface area (Å²) in [6.45, 7) is 2.07. The number of hydrogen-bond donors (Lipinski definition) is 0. The van der Waals surface area contributed by atoms with E-state index in [9.17, 15) is 4.79 Å². The molecule has 9 heteroatoms. The monoisotopic (exact) mass is 299 g/mol. The first kappa shape index (κ1) is 11.7. The minimum atomic E-state index is -0.129. The van der Waals surface area contributed by atoms with Gasteiger partial charge in [0.15, 0.2) is 4.83 Å². The van der Waals surface area contributed by atoms with Crippen LogP contribution in [0.15, 0.2) is 11.1 Å². The fraction of sp³-hybridized carbons (Fsp3) is 0.222. The topological polar surface area (TPSA) is 73.6 Å². The number of hydrogen-bond acceptors (Lipinski definition) is 7. The van der Waals surface area contributed by atoms with Gasteiger partial charge in [0.05, 0.1) is 24.0 Å². The van der Waals surface area contributed by atoms with Gasteiger partial charge in [0.2, 0.25) is 0 Å². The van der Waals surface area contributed by atoms with Crippen molar-refractivity contribution in [3.8, 4) is 0 Å². The van der Waals surface area contributed by atoms with Crippen LogP contribution in [-0.2, 0) is 6.54 Å². The quantitative estimate of drug-likeness (QED) is 0.720. The van der Waals surface area contributed by atoms with Crippen molar-refractivity contribution in [1.82, 2.24) is 23.5 Å². The molecular formula is C9H6ClN5OS2. The van der Waals surface area contributed by atoms with Crippen molar-refractivity contribution in [1.29, 1.82) is 0 Å². The molecule has 3 heterocycles. The highest BCUT2D eigenvalue weighted by Gasteiger charge is 2.12. The zero-order valence-electron chi connectivity index (χ0n) is 9.12. The zero-order valence-corrected chi connectivity index (χ0v) is 11.5. The van der Waals surface area contributed by atoms with Crippen LogP contribution in [-0.4, -0.2) is 23.5 Å². The molecule has 0 amide bonds. The molecule has 0 aliphatic rings. The van der Waals surface area contributed by atoms with Gasteiger partial charge in [-0.2, -0.15) is 4.37 Å². The molecule has 0 aliphatic carbocycles. The molecule has 0 saturated carbocycles. The Kier molecular flexibility index (Phi) is 2.84. The van der Waals surface area contributed by atoms with Gasteiger partial charge in [0, 0.05) is 11.5 Å². The lowest BCUT2D eigenvalue weighted by Gasteiger charge is -2.02. The van der Waals surface area contributed by atoms with E-state index in [-0.39, 0.29) is 12.1 Å². The normalized spacial score (nSPS) is 11.2. The first-order valence-electron chi connectivity index (χ1n) is 4.95. The predicted octanol–water partition coefficient (Wildman–Crippen LogP) is 1.71. The van der Waals surface area contributed by atoms with E-state index in [1.165, 1.54) is 22.4 Å². The van der Waals surface area contributed by atoms with Crippen LogP contribution in [0, 0.1) is 6.92 Å². The number of fused-ring (bicyclic) bond motifs is 1. The van der Waals surface area contributed by atoms with E-state index >= 15 is 0 Å². The second kappa shape index (κ2) is 4.38. The molecule has 0 aliphatic heterocycles. The number of halogens is 1. The Morgan fingerprint density at radius 2 is 2.28 bits per heavy atom. The molecule has 0 atom stereocenters. The molecule has 6 nitrogen and oxygen atoms in total. The van der Waals surface area contributed by atoms with Crippen molar-refractivity contribution < 1.29 is 0 Å². The van der Waals surface area contributed by atoms with Gasteiger partial charge in [0.1, 0.15) is 10.0 Å². The minimum Gasteiger partial charge on any atom is -0.292 e. The molecule has 0 unspecified atom stereocenters. The van der Waals surface area contributed by atoms with Crippen LogP contribution in [0.3, 0.4) is 0 Å². The Labute approximate surface area is 114 Å². The number of rotatable bonds is 2. The summed E-state index contributed by atoms with van der Waals surface area (Å²) in [6, 6.07) is 0. The summed E-state index contributed by atoms with van der Waals surface area (Å²) < 4.78 is 9.81. The largest absolute Gasteiger partial charge is 0.292 e. The molecule has 3 aromatic heterocycles. The van der Waals surface area contributed by atoms with Crippen molar-refractivity contribution in [2.45, 2.75) is 13.5 Å². The molecule has 3 rings (SSSR count). The van der Waals surface area contributed by atoms with Crippen LogP contribution in [0.25, 0.3) is 10.2 Å². The third kappa shape index (κ3) is 1.82. The fourth-order valence-corrected chi connectivity index (χ4v) is 2.92. The molecule has 0 fully saturated rings. The molecular weight excluding hydrogens is 294 g/mol. The summed E-state index contributed by atoms with van der Waals surface area (Å²) in [6.07, 6.45) is 1.48. The maximum atomic E-state index is 12.2. The van der Waals surface area contributed by atoms with Crippen LogP contribution in [0.4, 0.5) is 0 Å². The van der Waals surface area contributed by atoms with Gasteiger partial charge in [-0.15, -0.1) is 5.10 Å². The van der Waals surface area contributed by atoms with Crippen LogP contribution in [0.5, 0.6) is 0 Å². The Morgan fingerprint density at radius 1 is 1.44 bits per heavy atom. The number of aromatic nitrogens is 5. The predicted molar refractivity (Wildman–Crippen MR) is 70.4 cm³/mol. The lowest BCUT2D eigenvalue weighted by molar-refractivity contribution is 0.726. The first-order chi connectivity index (χ1) is 8.66. The molecule has 0 saturated heterocycles. The standard InChI is InChI=1S/C9H6ClN5OS2/c1-4-6-8(18-13-4)11-3-15(9(6)16)2-5-7(10)17-14-12-5/h3H,2H2,1H3. The van der Waals surface area contributed by atoms with E-state index in [1.807, 2.05) is 0 Å². The Hall–Kier alpha value is -1.38. The summed E-state index contributed by atoms with van der Waals surface area (Å²) >= 11 is 8.24. The highest BCUT2D eigenvalue weighted by Crippen LogP contribution is 2.19. The lowest BCUT2D eigenvalue weighted by atomic mass is 10.3. The molecule has 0 spiro atoms. The van der Waals surface area contributed by atoms with E-state index in [1.54, 1.807) is 6.92 Å². The molecule has 3 aromatic rings.